The fourth-order valence-corrected chi connectivity index (χ4v) is 3.92. The Morgan fingerprint density at radius 1 is 0.897 bits per heavy atom. The first-order valence-corrected chi connectivity index (χ1v) is 10.4. The highest BCUT2D eigenvalue weighted by Gasteiger charge is 2.35. The van der Waals surface area contributed by atoms with Gasteiger partial charge in [0, 0.05) is 25.0 Å². The lowest BCUT2D eigenvalue weighted by atomic mass is 9.84. The maximum atomic E-state index is 13.1. The van der Waals surface area contributed by atoms with Gasteiger partial charge in [0.1, 0.15) is 0 Å². The van der Waals surface area contributed by atoms with E-state index in [1.807, 2.05) is 69.3 Å². The molecule has 1 aliphatic rings. The van der Waals surface area contributed by atoms with Gasteiger partial charge in [0.2, 0.25) is 5.91 Å². The molecule has 1 aliphatic heterocycles. The van der Waals surface area contributed by atoms with Gasteiger partial charge in [0.15, 0.2) is 0 Å². The molecule has 3 rings (SSSR count). The Morgan fingerprint density at radius 3 is 2.14 bits per heavy atom. The van der Waals surface area contributed by atoms with Crippen LogP contribution in [-0.4, -0.2) is 36.0 Å². The summed E-state index contributed by atoms with van der Waals surface area (Å²) in [5, 5.41) is 6.11. The van der Waals surface area contributed by atoms with E-state index in [9.17, 15) is 9.59 Å². The summed E-state index contributed by atoms with van der Waals surface area (Å²) in [5.74, 6) is -0.0898. The molecule has 0 saturated carbocycles. The zero-order valence-corrected chi connectivity index (χ0v) is 17.5. The van der Waals surface area contributed by atoms with Gasteiger partial charge >= 0.3 is 6.03 Å². The van der Waals surface area contributed by atoms with Gasteiger partial charge in [-0.3, -0.25) is 4.79 Å². The lowest BCUT2D eigenvalue weighted by molar-refractivity contribution is -0.127. The molecule has 3 atom stereocenters. The van der Waals surface area contributed by atoms with Gasteiger partial charge in [-0.05, 0) is 38.3 Å². The van der Waals surface area contributed by atoms with E-state index in [0.717, 1.165) is 12.0 Å². The van der Waals surface area contributed by atoms with E-state index in [-0.39, 0.29) is 35.9 Å². The molecule has 0 aromatic heterocycles. The van der Waals surface area contributed by atoms with E-state index in [1.165, 1.54) is 5.56 Å². The van der Waals surface area contributed by atoms with Crippen LogP contribution in [0.1, 0.15) is 50.3 Å². The second kappa shape index (κ2) is 9.59. The van der Waals surface area contributed by atoms with Crippen molar-refractivity contribution < 1.29 is 9.59 Å². The molecule has 3 amide bonds. The fourth-order valence-electron chi connectivity index (χ4n) is 3.92. The van der Waals surface area contributed by atoms with Crippen LogP contribution in [0.2, 0.25) is 0 Å². The van der Waals surface area contributed by atoms with E-state index >= 15 is 0 Å². The SMILES string of the molecule is CC(C)NC(=O)N1C[C@H](C(=O)N[C@H](C)c2ccccc2)C[C@H](c2ccccc2)C1. The zero-order valence-electron chi connectivity index (χ0n) is 17.5. The molecule has 1 saturated heterocycles. The number of nitrogens with zero attached hydrogens (tertiary/aromatic N) is 1. The number of rotatable bonds is 5. The topological polar surface area (TPSA) is 61.4 Å². The molecule has 1 fully saturated rings. The van der Waals surface area contributed by atoms with E-state index < -0.39 is 0 Å². The molecular formula is C24H31N3O2. The number of hydrogen-bond donors (Lipinski definition) is 2. The van der Waals surface area contributed by atoms with Crippen molar-refractivity contribution in [3.63, 3.8) is 0 Å². The third-order valence-corrected chi connectivity index (χ3v) is 5.45. The summed E-state index contributed by atoms with van der Waals surface area (Å²) in [6, 6.07) is 20.0. The molecular weight excluding hydrogens is 362 g/mol. The number of piperidine rings is 1. The molecule has 2 N–H and O–H groups in total. The number of likely N-dealkylation sites (tertiary alicyclic amines) is 1. The average Bonchev–Trinajstić information content (AvgIpc) is 2.74. The quantitative estimate of drug-likeness (QED) is 0.804. The van der Waals surface area contributed by atoms with Crippen LogP contribution in [0.15, 0.2) is 60.7 Å². The van der Waals surface area contributed by atoms with Crippen molar-refractivity contribution in [1.82, 2.24) is 15.5 Å². The number of hydrogen-bond acceptors (Lipinski definition) is 2. The minimum Gasteiger partial charge on any atom is -0.349 e. The van der Waals surface area contributed by atoms with Crippen molar-refractivity contribution in [3.05, 3.63) is 71.8 Å². The van der Waals surface area contributed by atoms with Crippen LogP contribution < -0.4 is 10.6 Å². The van der Waals surface area contributed by atoms with E-state index in [1.54, 1.807) is 4.90 Å². The van der Waals surface area contributed by atoms with Crippen LogP contribution in [-0.2, 0) is 4.79 Å². The molecule has 2 aromatic rings. The molecule has 0 unspecified atom stereocenters. The normalized spacial score (nSPS) is 20.2. The van der Waals surface area contributed by atoms with E-state index in [0.29, 0.717) is 13.1 Å². The summed E-state index contributed by atoms with van der Waals surface area (Å²) in [4.78, 5) is 27.6. The van der Waals surface area contributed by atoms with Crippen molar-refractivity contribution >= 4 is 11.9 Å². The Balaban J connectivity index is 1.74. The zero-order chi connectivity index (χ0) is 20.8. The Morgan fingerprint density at radius 2 is 1.52 bits per heavy atom. The highest BCUT2D eigenvalue weighted by molar-refractivity contribution is 5.81. The Bertz CT molecular complexity index is 807. The first kappa shape index (κ1) is 20.9. The van der Waals surface area contributed by atoms with Crippen LogP contribution in [0.4, 0.5) is 4.79 Å². The van der Waals surface area contributed by atoms with Crippen molar-refractivity contribution in [2.24, 2.45) is 5.92 Å². The highest BCUT2D eigenvalue weighted by Crippen LogP contribution is 2.31. The average molecular weight is 394 g/mol. The summed E-state index contributed by atoms with van der Waals surface area (Å²) >= 11 is 0. The maximum absolute atomic E-state index is 13.1. The molecule has 2 aromatic carbocycles. The largest absolute Gasteiger partial charge is 0.349 e. The van der Waals surface area contributed by atoms with Gasteiger partial charge in [-0.2, -0.15) is 0 Å². The van der Waals surface area contributed by atoms with Crippen LogP contribution in [0, 0.1) is 5.92 Å². The van der Waals surface area contributed by atoms with Crippen molar-refractivity contribution in [1.29, 1.82) is 0 Å². The molecule has 29 heavy (non-hydrogen) atoms. The first-order chi connectivity index (χ1) is 13.9. The van der Waals surface area contributed by atoms with E-state index in [4.69, 9.17) is 0 Å². The van der Waals surface area contributed by atoms with Crippen LogP contribution in [0.25, 0.3) is 0 Å². The Labute approximate surface area is 173 Å². The molecule has 0 aliphatic carbocycles. The predicted molar refractivity (Wildman–Crippen MR) is 116 cm³/mol. The van der Waals surface area contributed by atoms with Gasteiger partial charge < -0.3 is 15.5 Å². The molecule has 0 spiro atoms. The Hall–Kier alpha value is -2.82. The Kier molecular flexibility index (Phi) is 6.91. The summed E-state index contributed by atoms with van der Waals surface area (Å²) in [6.45, 7) is 6.95. The molecule has 5 nitrogen and oxygen atoms in total. The molecule has 1 heterocycles. The van der Waals surface area contributed by atoms with Gasteiger partial charge in [0.05, 0.1) is 12.0 Å². The van der Waals surface area contributed by atoms with Crippen molar-refractivity contribution in [2.75, 3.05) is 13.1 Å². The van der Waals surface area contributed by atoms with Gasteiger partial charge in [-0.1, -0.05) is 60.7 Å². The molecule has 0 bridgehead atoms. The second-order valence-corrected chi connectivity index (χ2v) is 8.19. The minimum atomic E-state index is -0.238. The van der Waals surface area contributed by atoms with Crippen LogP contribution in [0.3, 0.4) is 0 Å². The van der Waals surface area contributed by atoms with Crippen LogP contribution in [0.5, 0.6) is 0 Å². The molecule has 5 heteroatoms. The number of amides is 3. The third kappa shape index (κ3) is 5.59. The van der Waals surface area contributed by atoms with Gasteiger partial charge in [-0.15, -0.1) is 0 Å². The van der Waals surface area contributed by atoms with Crippen molar-refractivity contribution in [2.45, 2.75) is 45.2 Å². The lowest BCUT2D eigenvalue weighted by Gasteiger charge is -2.38. The highest BCUT2D eigenvalue weighted by atomic mass is 16.2. The van der Waals surface area contributed by atoms with Crippen molar-refractivity contribution in [3.8, 4) is 0 Å². The fraction of sp³-hybridized carbons (Fsp3) is 0.417. The summed E-state index contributed by atoms with van der Waals surface area (Å²) in [6.07, 6.45) is 0.739. The number of carbonyl (C=O) groups is 2. The summed E-state index contributed by atoms with van der Waals surface area (Å²) in [7, 11) is 0. The van der Waals surface area contributed by atoms with E-state index in [2.05, 4.69) is 22.8 Å². The minimum absolute atomic E-state index is 0.00401. The summed E-state index contributed by atoms with van der Waals surface area (Å²) < 4.78 is 0. The first-order valence-electron chi connectivity index (χ1n) is 10.4. The monoisotopic (exact) mass is 393 g/mol. The second-order valence-electron chi connectivity index (χ2n) is 8.19. The molecule has 154 valence electrons. The van der Waals surface area contributed by atoms with Crippen LogP contribution >= 0.6 is 0 Å². The molecule has 0 radical (unpaired) electrons. The predicted octanol–water partition coefficient (Wildman–Crippen LogP) is 4.09. The number of carbonyl (C=O) groups excluding carboxylic acids is 2. The van der Waals surface area contributed by atoms with Gasteiger partial charge in [-0.25, -0.2) is 4.79 Å². The summed E-state index contributed by atoms with van der Waals surface area (Å²) in [5.41, 5.74) is 2.24. The number of benzene rings is 2. The maximum Gasteiger partial charge on any atom is 0.317 e. The standard InChI is InChI=1S/C24H31N3O2/c1-17(2)25-24(29)27-15-21(20-12-8-5-9-13-20)14-22(16-27)23(28)26-18(3)19-10-6-4-7-11-19/h4-13,17-18,21-22H,14-16H2,1-3H3,(H,25,29)(H,26,28)/t18-,21+,22-/m1/s1. The lowest BCUT2D eigenvalue weighted by Crippen LogP contribution is -2.52. The number of nitrogens with one attached hydrogen (secondary N) is 2. The number of urea groups is 1. The van der Waals surface area contributed by atoms with Gasteiger partial charge in [0.25, 0.3) is 0 Å². The smallest absolute Gasteiger partial charge is 0.317 e. The third-order valence-electron chi connectivity index (χ3n) is 5.45.